The summed E-state index contributed by atoms with van der Waals surface area (Å²) in [6.45, 7) is 8.09. The van der Waals surface area contributed by atoms with Crippen molar-refractivity contribution >= 4 is 5.91 Å². The van der Waals surface area contributed by atoms with Gasteiger partial charge in [0.15, 0.2) is 0 Å². The monoisotopic (exact) mass is 318 g/mol. The Morgan fingerprint density at radius 2 is 2.13 bits per heavy atom. The standard InChI is InChI=1S/C18H30N4O/c1-3-22-14(2)15(12-20-22)13-21-11-6-4-5-10-19-18(23)16-8-7-9-17(16)21/h12,16-17H,3-11,13H2,1-2H3,(H,19,23)/t16-,17+/m1/s1. The van der Waals surface area contributed by atoms with Crippen LogP contribution in [0.15, 0.2) is 6.20 Å². The summed E-state index contributed by atoms with van der Waals surface area (Å²) in [7, 11) is 0. The highest BCUT2D eigenvalue weighted by atomic mass is 16.1. The van der Waals surface area contributed by atoms with E-state index in [0.717, 1.165) is 45.4 Å². The SMILES string of the molecule is CCn1ncc(CN2CCCCCNC(=O)[C@@H]3CCC[C@@H]32)c1C. The van der Waals surface area contributed by atoms with E-state index in [-0.39, 0.29) is 11.8 Å². The number of fused-ring (bicyclic) bond motifs is 1. The normalized spacial score (nSPS) is 26.8. The summed E-state index contributed by atoms with van der Waals surface area (Å²) < 4.78 is 2.06. The molecule has 5 nitrogen and oxygen atoms in total. The van der Waals surface area contributed by atoms with Crippen LogP contribution >= 0.6 is 0 Å². The molecule has 0 aromatic carbocycles. The zero-order valence-electron chi connectivity index (χ0n) is 14.6. The fourth-order valence-electron chi connectivity index (χ4n) is 4.18. The van der Waals surface area contributed by atoms with Gasteiger partial charge in [-0.05, 0) is 46.1 Å². The summed E-state index contributed by atoms with van der Waals surface area (Å²) >= 11 is 0. The zero-order valence-corrected chi connectivity index (χ0v) is 14.6. The van der Waals surface area contributed by atoms with Crippen LogP contribution < -0.4 is 5.32 Å². The lowest BCUT2D eigenvalue weighted by molar-refractivity contribution is -0.126. The number of hydrogen-bond donors (Lipinski definition) is 1. The second-order valence-corrected chi connectivity index (χ2v) is 7.00. The van der Waals surface area contributed by atoms with Gasteiger partial charge in [-0.25, -0.2) is 0 Å². The van der Waals surface area contributed by atoms with Gasteiger partial charge in [-0.1, -0.05) is 12.8 Å². The molecule has 1 aromatic rings. The topological polar surface area (TPSA) is 50.2 Å². The molecule has 0 radical (unpaired) electrons. The van der Waals surface area contributed by atoms with E-state index in [9.17, 15) is 4.79 Å². The maximum absolute atomic E-state index is 12.5. The first-order valence-electron chi connectivity index (χ1n) is 9.23. The fourth-order valence-corrected chi connectivity index (χ4v) is 4.18. The van der Waals surface area contributed by atoms with Crippen LogP contribution in [0.5, 0.6) is 0 Å². The van der Waals surface area contributed by atoms with Gasteiger partial charge in [0, 0.05) is 36.9 Å². The molecule has 2 aliphatic rings. The molecule has 0 spiro atoms. The van der Waals surface area contributed by atoms with Gasteiger partial charge in [-0.3, -0.25) is 14.4 Å². The average Bonchev–Trinajstić information content (AvgIpc) is 3.16. The molecule has 1 saturated heterocycles. The van der Waals surface area contributed by atoms with Crippen molar-refractivity contribution in [2.45, 2.75) is 71.5 Å². The van der Waals surface area contributed by atoms with Crippen LogP contribution in [0, 0.1) is 12.8 Å². The van der Waals surface area contributed by atoms with Crippen molar-refractivity contribution in [2.75, 3.05) is 13.1 Å². The molecular weight excluding hydrogens is 288 g/mol. The van der Waals surface area contributed by atoms with Gasteiger partial charge in [0.25, 0.3) is 0 Å². The van der Waals surface area contributed by atoms with Crippen molar-refractivity contribution < 1.29 is 4.79 Å². The summed E-state index contributed by atoms with van der Waals surface area (Å²) in [5, 5.41) is 7.64. The number of rotatable bonds is 3. The van der Waals surface area contributed by atoms with Crippen LogP contribution in [-0.2, 0) is 17.9 Å². The number of hydrogen-bond acceptors (Lipinski definition) is 3. The van der Waals surface area contributed by atoms with Crippen LogP contribution in [0.3, 0.4) is 0 Å². The molecule has 1 aliphatic carbocycles. The van der Waals surface area contributed by atoms with Gasteiger partial charge in [0.2, 0.25) is 5.91 Å². The minimum absolute atomic E-state index is 0.176. The molecule has 1 amide bonds. The molecule has 2 fully saturated rings. The van der Waals surface area contributed by atoms with Gasteiger partial charge in [-0.15, -0.1) is 0 Å². The molecule has 3 rings (SSSR count). The predicted molar refractivity (Wildman–Crippen MR) is 91.0 cm³/mol. The van der Waals surface area contributed by atoms with E-state index < -0.39 is 0 Å². The molecule has 2 atom stereocenters. The van der Waals surface area contributed by atoms with Crippen molar-refractivity contribution in [3.8, 4) is 0 Å². The Balaban J connectivity index is 1.78. The summed E-state index contributed by atoms with van der Waals surface area (Å²) in [6.07, 6.45) is 8.90. The number of nitrogens with zero attached hydrogens (tertiary/aromatic N) is 3. The average molecular weight is 318 g/mol. The second-order valence-electron chi connectivity index (χ2n) is 7.00. The Morgan fingerprint density at radius 1 is 1.26 bits per heavy atom. The van der Waals surface area contributed by atoms with Crippen molar-refractivity contribution in [1.82, 2.24) is 20.0 Å². The lowest BCUT2D eigenvalue weighted by Gasteiger charge is -2.33. The summed E-state index contributed by atoms with van der Waals surface area (Å²) in [5.74, 6) is 0.454. The minimum atomic E-state index is 0.176. The largest absolute Gasteiger partial charge is 0.356 e. The van der Waals surface area contributed by atoms with Crippen LogP contribution in [0.2, 0.25) is 0 Å². The number of carbonyl (C=O) groups excluding carboxylic acids is 1. The van der Waals surface area contributed by atoms with Crippen LogP contribution in [0.1, 0.15) is 56.7 Å². The van der Waals surface area contributed by atoms with Gasteiger partial charge < -0.3 is 5.32 Å². The third-order valence-corrected chi connectivity index (χ3v) is 5.58. The Morgan fingerprint density at radius 3 is 2.91 bits per heavy atom. The molecule has 1 saturated carbocycles. The Labute approximate surface area is 139 Å². The van der Waals surface area contributed by atoms with Crippen molar-refractivity contribution in [1.29, 1.82) is 0 Å². The van der Waals surface area contributed by atoms with Gasteiger partial charge in [0.1, 0.15) is 0 Å². The first kappa shape index (κ1) is 16.5. The van der Waals surface area contributed by atoms with Crippen LogP contribution in [0.4, 0.5) is 0 Å². The van der Waals surface area contributed by atoms with E-state index in [1.54, 1.807) is 0 Å². The van der Waals surface area contributed by atoms with Gasteiger partial charge in [0.05, 0.1) is 12.1 Å². The summed E-state index contributed by atoms with van der Waals surface area (Å²) in [5.41, 5.74) is 2.58. The summed E-state index contributed by atoms with van der Waals surface area (Å²) in [6, 6.07) is 0.400. The summed E-state index contributed by atoms with van der Waals surface area (Å²) in [4.78, 5) is 15.0. The van der Waals surface area contributed by atoms with Gasteiger partial charge in [-0.2, -0.15) is 5.10 Å². The number of amides is 1. The van der Waals surface area contributed by atoms with Crippen molar-refractivity contribution in [3.63, 3.8) is 0 Å². The zero-order chi connectivity index (χ0) is 16.2. The highest BCUT2D eigenvalue weighted by Crippen LogP contribution is 2.32. The highest BCUT2D eigenvalue weighted by molar-refractivity contribution is 5.79. The first-order chi connectivity index (χ1) is 11.2. The van der Waals surface area contributed by atoms with E-state index in [0.29, 0.717) is 6.04 Å². The molecular formula is C18H30N4O. The second kappa shape index (κ2) is 7.47. The molecule has 5 heteroatoms. The third kappa shape index (κ3) is 3.60. The lowest BCUT2D eigenvalue weighted by Crippen LogP contribution is -2.45. The number of aryl methyl sites for hydroxylation is 1. The van der Waals surface area contributed by atoms with E-state index in [1.807, 2.05) is 6.20 Å². The van der Waals surface area contributed by atoms with Crippen molar-refractivity contribution in [3.05, 3.63) is 17.5 Å². The molecule has 128 valence electrons. The van der Waals surface area contributed by atoms with E-state index >= 15 is 0 Å². The predicted octanol–water partition coefficient (Wildman–Crippen LogP) is 2.48. The molecule has 1 aliphatic heterocycles. The number of nitrogens with one attached hydrogen (secondary N) is 1. The molecule has 0 unspecified atom stereocenters. The van der Waals surface area contributed by atoms with E-state index in [4.69, 9.17) is 0 Å². The Kier molecular flexibility index (Phi) is 5.36. The molecule has 1 aromatic heterocycles. The fraction of sp³-hybridized carbons (Fsp3) is 0.778. The van der Waals surface area contributed by atoms with E-state index in [1.165, 1.54) is 30.5 Å². The number of carbonyl (C=O) groups is 1. The Hall–Kier alpha value is -1.36. The molecule has 0 bridgehead atoms. The molecule has 2 heterocycles. The first-order valence-corrected chi connectivity index (χ1v) is 9.23. The highest BCUT2D eigenvalue weighted by Gasteiger charge is 2.37. The molecule has 1 N–H and O–H groups in total. The molecule has 23 heavy (non-hydrogen) atoms. The lowest BCUT2D eigenvalue weighted by atomic mass is 9.99. The maximum atomic E-state index is 12.5. The Bertz CT molecular complexity index is 539. The van der Waals surface area contributed by atoms with Crippen LogP contribution in [-0.4, -0.2) is 39.7 Å². The third-order valence-electron chi connectivity index (χ3n) is 5.58. The smallest absolute Gasteiger partial charge is 0.224 e. The van der Waals surface area contributed by atoms with Crippen molar-refractivity contribution in [2.24, 2.45) is 5.92 Å². The maximum Gasteiger partial charge on any atom is 0.224 e. The minimum Gasteiger partial charge on any atom is -0.356 e. The van der Waals surface area contributed by atoms with Crippen LogP contribution in [0.25, 0.3) is 0 Å². The van der Waals surface area contributed by atoms with E-state index in [2.05, 4.69) is 33.8 Å². The quantitative estimate of drug-likeness (QED) is 0.931. The van der Waals surface area contributed by atoms with Gasteiger partial charge >= 0.3 is 0 Å². The number of aromatic nitrogens is 2.